The Bertz CT molecular complexity index is 1720. The minimum atomic E-state index is -0.695. The molecule has 0 aliphatic carbocycles. The van der Waals surface area contributed by atoms with Crippen molar-refractivity contribution in [3.05, 3.63) is 72.9 Å². The van der Waals surface area contributed by atoms with Gasteiger partial charge in [-0.15, -0.1) is 0 Å². The number of halogens is 1. The van der Waals surface area contributed by atoms with Crippen LogP contribution < -0.4 is 20.7 Å². The Hall–Kier alpha value is -5.26. The summed E-state index contributed by atoms with van der Waals surface area (Å²) in [6.45, 7) is 7.36. The van der Waals surface area contributed by atoms with E-state index in [0.717, 1.165) is 22.5 Å². The Balaban J connectivity index is 1.33. The molecule has 0 radical (unpaired) electrons. The Morgan fingerprint density at radius 1 is 0.975 bits per heavy atom. The number of carbonyl (C=O) groups is 2. The van der Waals surface area contributed by atoms with Crippen molar-refractivity contribution < 1.29 is 18.7 Å². The van der Waals surface area contributed by atoms with Gasteiger partial charge in [-0.3, -0.25) is 14.6 Å². The van der Waals surface area contributed by atoms with E-state index in [1.54, 1.807) is 23.1 Å². The zero-order chi connectivity index (χ0) is 28.4. The van der Waals surface area contributed by atoms with E-state index < -0.39 is 11.8 Å². The maximum absolute atomic E-state index is 14.9. The van der Waals surface area contributed by atoms with Gasteiger partial charge in [0.15, 0.2) is 0 Å². The molecule has 12 heteroatoms. The number of anilines is 3. The summed E-state index contributed by atoms with van der Waals surface area (Å²) < 4.78 is 22.4. The summed E-state index contributed by atoms with van der Waals surface area (Å²) in [5.41, 5.74) is 2.31. The van der Waals surface area contributed by atoms with Crippen molar-refractivity contribution in [2.24, 2.45) is 0 Å². The van der Waals surface area contributed by atoms with Gasteiger partial charge in [-0.05, 0) is 51.1 Å². The van der Waals surface area contributed by atoms with Crippen molar-refractivity contribution in [1.29, 1.82) is 0 Å². The number of aromatic nitrogens is 5. The Morgan fingerprint density at radius 3 is 2.50 bits per heavy atom. The Morgan fingerprint density at radius 2 is 1.75 bits per heavy atom. The quantitative estimate of drug-likeness (QED) is 0.204. The molecule has 0 atom stereocenters. The van der Waals surface area contributed by atoms with Crippen LogP contribution in [0.1, 0.15) is 27.7 Å². The normalized spacial score (nSPS) is 11.3. The lowest BCUT2D eigenvalue weighted by atomic mass is 10.1. The number of urea groups is 1. The summed E-state index contributed by atoms with van der Waals surface area (Å²) in [4.78, 5) is 28.2. The van der Waals surface area contributed by atoms with Crippen LogP contribution in [0.3, 0.4) is 0 Å². The fourth-order valence-corrected chi connectivity index (χ4v) is 3.91. The Labute approximate surface area is 228 Å². The van der Waals surface area contributed by atoms with E-state index in [2.05, 4.69) is 31.1 Å². The molecule has 0 fully saturated rings. The minimum Gasteiger partial charge on any atom is -0.457 e. The van der Waals surface area contributed by atoms with E-state index in [-0.39, 0.29) is 22.9 Å². The van der Waals surface area contributed by atoms with Crippen LogP contribution in [0.5, 0.6) is 11.5 Å². The Kier molecular flexibility index (Phi) is 6.91. The number of amides is 3. The first kappa shape index (κ1) is 26.4. The van der Waals surface area contributed by atoms with Gasteiger partial charge in [-0.25, -0.2) is 14.2 Å². The summed E-state index contributed by atoms with van der Waals surface area (Å²) in [5, 5.41) is 20.5. The number of aromatic amines is 1. The average molecular weight is 543 g/mol. The topological polar surface area (TPSA) is 139 Å². The predicted molar refractivity (Wildman–Crippen MR) is 150 cm³/mol. The van der Waals surface area contributed by atoms with E-state index in [1.165, 1.54) is 31.3 Å². The maximum Gasteiger partial charge on any atom is 0.323 e. The molecule has 204 valence electrons. The summed E-state index contributed by atoms with van der Waals surface area (Å²) in [7, 11) is 0. The fourth-order valence-electron chi connectivity index (χ4n) is 3.91. The standard InChI is InChI=1S/C28H27FN8O3/c1-16(38)32-25-13-20(9-10-30-25)40-19-6-8-23(21(29)12-19)33-27(39)34-24-15-37(28(2,3)4)36-26(24)17-5-7-22-18(11-17)14-31-35-22/h5-15H,1-4H3,(H,31,35)(H,30,32,38)(H2,33,34,39). The first-order chi connectivity index (χ1) is 19.0. The zero-order valence-electron chi connectivity index (χ0n) is 22.2. The molecule has 4 N–H and O–H groups in total. The van der Waals surface area contributed by atoms with Crippen LogP contribution in [0.2, 0.25) is 0 Å². The molecule has 0 aliphatic rings. The van der Waals surface area contributed by atoms with Crippen molar-refractivity contribution in [2.75, 3.05) is 16.0 Å². The second kappa shape index (κ2) is 10.5. The SMILES string of the molecule is CC(=O)Nc1cc(Oc2ccc(NC(=O)Nc3cn(C(C)(C)C)nc3-c3ccc4[nH]ncc4c3)c(F)c2)ccn1. The first-order valence-corrected chi connectivity index (χ1v) is 12.4. The molecule has 0 unspecified atom stereocenters. The highest BCUT2D eigenvalue weighted by atomic mass is 19.1. The number of H-pyrrole nitrogens is 1. The highest BCUT2D eigenvalue weighted by molar-refractivity contribution is 6.02. The molecule has 3 amide bonds. The molecule has 40 heavy (non-hydrogen) atoms. The van der Waals surface area contributed by atoms with E-state index in [9.17, 15) is 14.0 Å². The minimum absolute atomic E-state index is 0.0388. The number of pyridine rings is 1. The van der Waals surface area contributed by atoms with Gasteiger partial charge in [0.1, 0.15) is 28.8 Å². The summed E-state index contributed by atoms with van der Waals surface area (Å²) in [6.07, 6.45) is 4.92. The van der Waals surface area contributed by atoms with Gasteiger partial charge >= 0.3 is 6.03 Å². The molecular formula is C28H27FN8O3. The van der Waals surface area contributed by atoms with Crippen molar-refractivity contribution >= 4 is 40.0 Å². The highest BCUT2D eigenvalue weighted by Crippen LogP contribution is 2.32. The zero-order valence-corrected chi connectivity index (χ0v) is 22.2. The summed E-state index contributed by atoms with van der Waals surface area (Å²) in [6, 6.07) is 12.2. The predicted octanol–water partition coefficient (Wildman–Crippen LogP) is 6.11. The summed E-state index contributed by atoms with van der Waals surface area (Å²) in [5.74, 6) is -0.110. The van der Waals surface area contributed by atoms with E-state index in [4.69, 9.17) is 9.84 Å². The van der Waals surface area contributed by atoms with Crippen LogP contribution in [-0.4, -0.2) is 36.9 Å². The number of rotatable bonds is 6. The van der Waals surface area contributed by atoms with Crippen molar-refractivity contribution in [3.63, 3.8) is 0 Å². The molecule has 3 aromatic heterocycles. The van der Waals surface area contributed by atoms with Crippen LogP contribution in [0.4, 0.5) is 26.4 Å². The van der Waals surface area contributed by atoms with E-state index >= 15 is 0 Å². The van der Waals surface area contributed by atoms with Crippen molar-refractivity contribution in [3.8, 4) is 22.8 Å². The largest absolute Gasteiger partial charge is 0.457 e. The van der Waals surface area contributed by atoms with Crippen LogP contribution >= 0.6 is 0 Å². The van der Waals surface area contributed by atoms with Gasteiger partial charge in [0.2, 0.25) is 5.91 Å². The molecule has 0 spiro atoms. The molecule has 0 aliphatic heterocycles. The number of benzene rings is 2. The molecule has 0 saturated carbocycles. The monoisotopic (exact) mass is 542 g/mol. The maximum atomic E-state index is 14.9. The van der Waals surface area contributed by atoms with Gasteiger partial charge < -0.3 is 20.7 Å². The molecule has 5 aromatic rings. The first-order valence-electron chi connectivity index (χ1n) is 12.4. The molecule has 0 bridgehead atoms. The molecule has 2 aromatic carbocycles. The van der Waals surface area contributed by atoms with Gasteiger partial charge in [0.25, 0.3) is 0 Å². The second-order valence-corrected chi connectivity index (χ2v) is 10.1. The third-order valence-corrected chi connectivity index (χ3v) is 5.82. The van der Waals surface area contributed by atoms with E-state index in [0.29, 0.717) is 22.9 Å². The molecule has 0 saturated heterocycles. The van der Waals surface area contributed by atoms with Gasteiger partial charge in [-0.2, -0.15) is 10.2 Å². The third-order valence-electron chi connectivity index (χ3n) is 5.82. The molecule has 3 heterocycles. The third kappa shape index (κ3) is 5.90. The van der Waals surface area contributed by atoms with Gasteiger partial charge in [0, 0.05) is 42.4 Å². The fraction of sp³-hybridized carbons (Fsp3) is 0.179. The van der Waals surface area contributed by atoms with Crippen molar-refractivity contribution in [2.45, 2.75) is 33.2 Å². The lowest BCUT2D eigenvalue weighted by Gasteiger charge is -2.18. The number of hydrogen-bond acceptors (Lipinski definition) is 6. The molecular weight excluding hydrogens is 515 g/mol. The average Bonchev–Trinajstić information content (AvgIpc) is 3.52. The van der Waals surface area contributed by atoms with E-state index in [1.807, 2.05) is 39.0 Å². The lowest BCUT2D eigenvalue weighted by Crippen LogP contribution is -2.22. The number of nitrogens with one attached hydrogen (secondary N) is 4. The van der Waals surface area contributed by atoms with Crippen LogP contribution in [0.15, 0.2) is 67.1 Å². The van der Waals surface area contributed by atoms with Gasteiger partial charge in [0.05, 0.1) is 28.6 Å². The number of carbonyl (C=O) groups excluding carboxylic acids is 2. The lowest BCUT2D eigenvalue weighted by molar-refractivity contribution is -0.114. The van der Waals surface area contributed by atoms with Crippen LogP contribution in [0.25, 0.3) is 22.2 Å². The second-order valence-electron chi connectivity index (χ2n) is 10.1. The van der Waals surface area contributed by atoms with Crippen molar-refractivity contribution in [1.82, 2.24) is 25.0 Å². The van der Waals surface area contributed by atoms with Crippen LogP contribution in [-0.2, 0) is 10.3 Å². The smallest absolute Gasteiger partial charge is 0.323 e. The van der Waals surface area contributed by atoms with Gasteiger partial charge in [-0.1, -0.05) is 6.07 Å². The number of hydrogen-bond donors (Lipinski definition) is 4. The molecule has 11 nitrogen and oxygen atoms in total. The summed E-state index contributed by atoms with van der Waals surface area (Å²) >= 11 is 0. The highest BCUT2D eigenvalue weighted by Gasteiger charge is 2.21. The number of fused-ring (bicyclic) bond motifs is 1. The number of nitrogens with zero attached hydrogens (tertiary/aromatic N) is 4. The number of ether oxygens (including phenoxy) is 1. The van der Waals surface area contributed by atoms with Crippen LogP contribution in [0, 0.1) is 5.82 Å². The molecule has 5 rings (SSSR count).